The predicted molar refractivity (Wildman–Crippen MR) is 73.9 cm³/mol. The quantitative estimate of drug-likeness (QED) is 0.820. The minimum Gasteiger partial charge on any atom is -0.481 e. The molecular weight excluding hydrogens is 240 g/mol. The van der Waals surface area contributed by atoms with E-state index in [4.69, 9.17) is 0 Å². The first kappa shape index (κ1) is 14.1. The van der Waals surface area contributed by atoms with E-state index < -0.39 is 18.0 Å². The van der Waals surface area contributed by atoms with Gasteiger partial charge in [-0.3, -0.25) is 4.79 Å². The highest BCUT2D eigenvalue weighted by Crippen LogP contribution is 2.31. The summed E-state index contributed by atoms with van der Waals surface area (Å²) >= 11 is 0. The number of aliphatic hydroxyl groups excluding tert-OH is 1. The summed E-state index contributed by atoms with van der Waals surface area (Å²) in [7, 11) is 0. The number of hydrogen-bond acceptors (Lipinski definition) is 2. The van der Waals surface area contributed by atoms with E-state index in [1.54, 1.807) is 0 Å². The van der Waals surface area contributed by atoms with E-state index >= 15 is 0 Å². The molecule has 3 unspecified atom stereocenters. The molecule has 0 aromatic heterocycles. The molecule has 0 amide bonds. The number of carbonyl (C=O) groups is 1. The molecule has 1 aromatic rings. The van der Waals surface area contributed by atoms with Crippen LogP contribution in [0.5, 0.6) is 0 Å². The molecule has 19 heavy (non-hydrogen) atoms. The molecule has 0 spiro atoms. The lowest BCUT2D eigenvalue weighted by Crippen LogP contribution is -2.33. The zero-order valence-electron chi connectivity index (χ0n) is 11.2. The van der Waals surface area contributed by atoms with E-state index in [-0.39, 0.29) is 5.92 Å². The van der Waals surface area contributed by atoms with E-state index in [0.717, 1.165) is 37.7 Å². The second-order valence-electron chi connectivity index (χ2n) is 5.50. The number of carboxylic acids is 1. The van der Waals surface area contributed by atoms with Crippen LogP contribution >= 0.6 is 0 Å². The second kappa shape index (κ2) is 6.71. The maximum atomic E-state index is 11.5. The Morgan fingerprint density at radius 3 is 2.53 bits per heavy atom. The average Bonchev–Trinajstić information content (AvgIpc) is 2.62. The maximum absolute atomic E-state index is 11.5. The van der Waals surface area contributed by atoms with E-state index in [0.29, 0.717) is 6.42 Å². The Morgan fingerprint density at radius 1 is 1.16 bits per heavy atom. The third kappa shape index (κ3) is 3.80. The summed E-state index contributed by atoms with van der Waals surface area (Å²) in [5, 5.41) is 19.7. The smallest absolute Gasteiger partial charge is 0.307 e. The van der Waals surface area contributed by atoms with Crippen LogP contribution in [0.2, 0.25) is 0 Å². The van der Waals surface area contributed by atoms with Gasteiger partial charge >= 0.3 is 5.97 Å². The van der Waals surface area contributed by atoms with Crippen LogP contribution in [0.1, 0.15) is 37.7 Å². The van der Waals surface area contributed by atoms with E-state index in [2.05, 4.69) is 0 Å². The first-order chi connectivity index (χ1) is 9.18. The number of hydrogen-bond donors (Lipinski definition) is 2. The fourth-order valence-electron chi connectivity index (χ4n) is 3.08. The van der Waals surface area contributed by atoms with Gasteiger partial charge in [-0.15, -0.1) is 0 Å². The second-order valence-corrected chi connectivity index (χ2v) is 5.50. The van der Waals surface area contributed by atoms with Gasteiger partial charge in [0.05, 0.1) is 12.0 Å². The van der Waals surface area contributed by atoms with Crippen LogP contribution in [-0.4, -0.2) is 22.3 Å². The van der Waals surface area contributed by atoms with Gasteiger partial charge in [0, 0.05) is 0 Å². The van der Waals surface area contributed by atoms with Crippen molar-refractivity contribution in [1.29, 1.82) is 0 Å². The molecule has 0 saturated heterocycles. The van der Waals surface area contributed by atoms with Crippen molar-refractivity contribution >= 4 is 5.97 Å². The van der Waals surface area contributed by atoms with Crippen molar-refractivity contribution in [2.24, 2.45) is 11.8 Å². The Bertz CT molecular complexity index is 402. The molecule has 1 aliphatic rings. The highest BCUT2D eigenvalue weighted by atomic mass is 16.4. The molecule has 2 rings (SSSR count). The summed E-state index contributed by atoms with van der Waals surface area (Å²) in [5.74, 6) is -1.37. The molecule has 0 heterocycles. The highest BCUT2D eigenvalue weighted by Gasteiger charge is 2.34. The first-order valence-corrected chi connectivity index (χ1v) is 7.13. The Hall–Kier alpha value is -1.35. The van der Waals surface area contributed by atoms with Crippen molar-refractivity contribution in [3.63, 3.8) is 0 Å². The Balaban J connectivity index is 2.12. The molecule has 1 saturated carbocycles. The summed E-state index contributed by atoms with van der Waals surface area (Å²) in [6, 6.07) is 9.70. The molecule has 3 heteroatoms. The first-order valence-electron chi connectivity index (χ1n) is 7.13. The van der Waals surface area contributed by atoms with Crippen LogP contribution < -0.4 is 0 Å². The molecule has 3 atom stereocenters. The molecule has 3 nitrogen and oxygen atoms in total. The number of aliphatic hydroxyl groups is 1. The number of aliphatic carboxylic acids is 1. The summed E-state index contributed by atoms with van der Waals surface area (Å²) in [6.45, 7) is 0. The molecule has 0 bridgehead atoms. The van der Waals surface area contributed by atoms with Crippen molar-refractivity contribution < 1.29 is 15.0 Å². The van der Waals surface area contributed by atoms with Gasteiger partial charge in [0.25, 0.3) is 0 Å². The molecular formula is C16H22O3. The predicted octanol–water partition coefficient (Wildman–Crippen LogP) is 2.87. The Kier molecular flexibility index (Phi) is 4.97. The van der Waals surface area contributed by atoms with Gasteiger partial charge in [0.1, 0.15) is 0 Å². The molecule has 1 aromatic carbocycles. The van der Waals surface area contributed by atoms with Crippen LogP contribution in [0.15, 0.2) is 30.3 Å². The molecule has 1 aliphatic carbocycles. The zero-order valence-corrected chi connectivity index (χ0v) is 11.2. The average molecular weight is 262 g/mol. The molecule has 0 aliphatic heterocycles. The topological polar surface area (TPSA) is 57.5 Å². The molecule has 2 N–H and O–H groups in total. The lowest BCUT2D eigenvalue weighted by Gasteiger charge is -2.27. The van der Waals surface area contributed by atoms with Crippen LogP contribution in [0.25, 0.3) is 0 Å². The Morgan fingerprint density at radius 2 is 1.84 bits per heavy atom. The van der Waals surface area contributed by atoms with Gasteiger partial charge in [-0.2, -0.15) is 0 Å². The fourth-order valence-corrected chi connectivity index (χ4v) is 3.08. The highest BCUT2D eigenvalue weighted by molar-refractivity contribution is 5.71. The van der Waals surface area contributed by atoms with Crippen molar-refractivity contribution in [1.82, 2.24) is 0 Å². The molecule has 104 valence electrons. The third-order valence-electron chi connectivity index (χ3n) is 4.16. The molecule has 0 radical (unpaired) electrons. The Labute approximate surface area is 114 Å². The van der Waals surface area contributed by atoms with Crippen LogP contribution in [0.3, 0.4) is 0 Å². The minimum atomic E-state index is -0.783. The standard InChI is InChI=1S/C16H22O3/c17-15-10-6-2-5-9-13(15)14(16(18)19)11-12-7-3-1-4-8-12/h1,3-4,7-8,13-15,17H,2,5-6,9-11H2,(H,18,19). The van der Waals surface area contributed by atoms with Gasteiger partial charge in [0.2, 0.25) is 0 Å². The normalized spacial score (nSPS) is 25.5. The van der Waals surface area contributed by atoms with Gasteiger partial charge in [-0.25, -0.2) is 0 Å². The van der Waals surface area contributed by atoms with E-state index in [1.807, 2.05) is 30.3 Å². The SMILES string of the molecule is O=C(O)C(Cc1ccccc1)C1CCCCCC1O. The van der Waals surface area contributed by atoms with E-state index in [1.165, 1.54) is 0 Å². The summed E-state index contributed by atoms with van der Waals surface area (Å²) in [6.07, 6.45) is 4.75. The lowest BCUT2D eigenvalue weighted by atomic mass is 9.80. The molecule has 1 fully saturated rings. The zero-order chi connectivity index (χ0) is 13.7. The number of carboxylic acid groups (broad SMARTS) is 1. The van der Waals surface area contributed by atoms with Crippen molar-refractivity contribution in [2.75, 3.05) is 0 Å². The van der Waals surface area contributed by atoms with Crippen molar-refractivity contribution in [3.8, 4) is 0 Å². The van der Waals surface area contributed by atoms with Crippen LogP contribution in [0, 0.1) is 11.8 Å². The maximum Gasteiger partial charge on any atom is 0.307 e. The van der Waals surface area contributed by atoms with Gasteiger partial charge < -0.3 is 10.2 Å². The van der Waals surface area contributed by atoms with Gasteiger partial charge in [0.15, 0.2) is 0 Å². The van der Waals surface area contributed by atoms with Crippen molar-refractivity contribution in [3.05, 3.63) is 35.9 Å². The minimum absolute atomic E-state index is 0.111. The van der Waals surface area contributed by atoms with E-state index in [9.17, 15) is 15.0 Å². The van der Waals surface area contributed by atoms with Crippen molar-refractivity contribution in [2.45, 2.75) is 44.6 Å². The number of rotatable bonds is 4. The van der Waals surface area contributed by atoms with Gasteiger partial charge in [-0.05, 0) is 30.7 Å². The monoisotopic (exact) mass is 262 g/mol. The summed E-state index contributed by atoms with van der Waals surface area (Å²) in [5.41, 5.74) is 1.03. The lowest BCUT2D eigenvalue weighted by molar-refractivity contribution is -0.145. The van der Waals surface area contributed by atoms with Gasteiger partial charge in [-0.1, -0.05) is 49.6 Å². The fraction of sp³-hybridized carbons (Fsp3) is 0.562. The van der Waals surface area contributed by atoms with Crippen LogP contribution in [-0.2, 0) is 11.2 Å². The largest absolute Gasteiger partial charge is 0.481 e. The third-order valence-corrected chi connectivity index (χ3v) is 4.16. The summed E-state index contributed by atoms with van der Waals surface area (Å²) in [4.78, 5) is 11.5. The summed E-state index contributed by atoms with van der Waals surface area (Å²) < 4.78 is 0. The number of benzene rings is 1. The van der Waals surface area contributed by atoms with Crippen LogP contribution in [0.4, 0.5) is 0 Å².